The van der Waals surface area contributed by atoms with E-state index in [1.807, 2.05) is 11.4 Å². The molecule has 1 aliphatic heterocycles. The van der Waals surface area contributed by atoms with Crippen LogP contribution in [0.5, 0.6) is 0 Å². The van der Waals surface area contributed by atoms with Crippen LogP contribution in [0.25, 0.3) is 0 Å². The van der Waals surface area contributed by atoms with Gasteiger partial charge in [-0.25, -0.2) is 4.79 Å². The maximum atomic E-state index is 10.8. The fourth-order valence-corrected chi connectivity index (χ4v) is 2.22. The Labute approximate surface area is 91.2 Å². The molecule has 1 N–H and O–H groups in total. The number of hydrogen-bond donors (Lipinski definition) is 1. The number of cyclic esters (lactones) is 1. The Hall–Kier alpha value is -1.36. The molecule has 1 saturated heterocycles. The average molecular weight is 225 g/mol. The zero-order valence-corrected chi connectivity index (χ0v) is 8.88. The number of carbonyl (C=O) groups is 2. The number of carbonyl (C=O) groups excluding carboxylic acids is 2. The van der Waals surface area contributed by atoms with Gasteiger partial charge in [0, 0.05) is 11.3 Å². The third-order valence-electron chi connectivity index (χ3n) is 2.20. The highest BCUT2D eigenvalue weighted by Gasteiger charge is 2.30. The van der Waals surface area contributed by atoms with Crippen LogP contribution in [0.2, 0.25) is 0 Å². The van der Waals surface area contributed by atoms with Crippen molar-refractivity contribution in [2.45, 2.75) is 25.5 Å². The Morgan fingerprint density at radius 2 is 2.33 bits per heavy atom. The van der Waals surface area contributed by atoms with Gasteiger partial charge in [-0.3, -0.25) is 4.79 Å². The molecule has 0 aromatic carbocycles. The summed E-state index contributed by atoms with van der Waals surface area (Å²) in [6.07, 6.45) is 2.11. The lowest BCUT2D eigenvalue weighted by Gasteiger charge is -2.07. The Kier molecular flexibility index (Phi) is 3.01. The smallest absolute Gasteiger partial charge is 0.398 e. The fraction of sp³-hybridized carbons (Fsp3) is 0.400. The zero-order chi connectivity index (χ0) is 10.7. The van der Waals surface area contributed by atoms with Crippen LogP contribution >= 0.6 is 11.3 Å². The van der Waals surface area contributed by atoms with Gasteiger partial charge in [0.05, 0.1) is 0 Å². The molecular formula is C10H11NO3S. The monoisotopic (exact) mass is 225 g/mol. The second-order valence-corrected chi connectivity index (χ2v) is 4.37. The van der Waals surface area contributed by atoms with Gasteiger partial charge in [-0.15, -0.1) is 11.3 Å². The molecule has 1 aromatic heterocycles. The van der Waals surface area contributed by atoms with Gasteiger partial charge in [0.15, 0.2) is 6.23 Å². The van der Waals surface area contributed by atoms with E-state index in [-0.39, 0.29) is 0 Å². The summed E-state index contributed by atoms with van der Waals surface area (Å²) < 4.78 is 4.80. The van der Waals surface area contributed by atoms with Gasteiger partial charge in [-0.1, -0.05) is 6.07 Å². The number of thiophene rings is 1. The van der Waals surface area contributed by atoms with Gasteiger partial charge >= 0.3 is 11.9 Å². The molecule has 1 amide bonds. The summed E-state index contributed by atoms with van der Waals surface area (Å²) in [5.74, 6) is -1.40. The molecule has 80 valence electrons. The van der Waals surface area contributed by atoms with Gasteiger partial charge < -0.3 is 10.1 Å². The second kappa shape index (κ2) is 4.44. The first kappa shape index (κ1) is 10.2. The summed E-state index contributed by atoms with van der Waals surface area (Å²) >= 11 is 1.71. The topological polar surface area (TPSA) is 55.4 Å². The highest BCUT2D eigenvalue weighted by molar-refractivity contribution is 7.09. The Morgan fingerprint density at radius 1 is 1.47 bits per heavy atom. The molecule has 0 bridgehead atoms. The zero-order valence-electron chi connectivity index (χ0n) is 8.06. The van der Waals surface area contributed by atoms with E-state index < -0.39 is 18.1 Å². The van der Waals surface area contributed by atoms with E-state index >= 15 is 0 Å². The minimum atomic E-state index is -0.767. The van der Waals surface area contributed by atoms with Gasteiger partial charge in [0.25, 0.3) is 0 Å². The van der Waals surface area contributed by atoms with Crippen molar-refractivity contribution >= 4 is 23.2 Å². The average Bonchev–Trinajstić information content (AvgIpc) is 2.79. The van der Waals surface area contributed by atoms with Gasteiger partial charge in [0.1, 0.15) is 0 Å². The highest BCUT2D eigenvalue weighted by atomic mass is 32.1. The molecule has 4 nitrogen and oxygen atoms in total. The van der Waals surface area contributed by atoms with Crippen molar-refractivity contribution in [1.82, 2.24) is 5.32 Å². The van der Waals surface area contributed by atoms with Crippen molar-refractivity contribution in [1.29, 1.82) is 0 Å². The molecule has 1 unspecified atom stereocenters. The number of esters is 1. The second-order valence-electron chi connectivity index (χ2n) is 3.34. The molecule has 0 aliphatic carbocycles. The Bertz CT molecular complexity index is 345. The normalized spacial score (nSPS) is 20.1. The molecule has 1 aromatic rings. The molecular weight excluding hydrogens is 214 g/mol. The summed E-state index contributed by atoms with van der Waals surface area (Å²) in [7, 11) is 0. The molecule has 1 aliphatic rings. The summed E-state index contributed by atoms with van der Waals surface area (Å²) in [5.41, 5.74) is 0. The van der Waals surface area contributed by atoms with Crippen LogP contribution in [-0.4, -0.2) is 18.1 Å². The van der Waals surface area contributed by atoms with Crippen LogP contribution in [0.1, 0.15) is 17.7 Å². The molecule has 2 heterocycles. The lowest BCUT2D eigenvalue weighted by molar-refractivity contribution is -0.149. The predicted molar refractivity (Wildman–Crippen MR) is 55.3 cm³/mol. The number of ether oxygens (including phenoxy) is 1. The standard InChI is InChI=1S/C10H11NO3S/c12-9-10(13)14-8(11-9)5-1-3-7-4-2-6-15-7/h2,4,6,8H,1,3,5H2,(H,11,12). The Balaban J connectivity index is 1.71. The summed E-state index contributed by atoms with van der Waals surface area (Å²) in [6.45, 7) is 0. The first-order valence-electron chi connectivity index (χ1n) is 4.79. The molecule has 0 saturated carbocycles. The van der Waals surface area contributed by atoms with E-state index in [4.69, 9.17) is 4.74 Å². The maximum absolute atomic E-state index is 10.8. The van der Waals surface area contributed by atoms with Crippen LogP contribution < -0.4 is 5.32 Å². The number of nitrogens with one attached hydrogen (secondary N) is 1. The molecule has 1 fully saturated rings. The van der Waals surface area contributed by atoms with Crippen LogP contribution in [0.15, 0.2) is 17.5 Å². The predicted octanol–water partition coefficient (Wildman–Crippen LogP) is 1.07. The molecule has 2 rings (SSSR count). The van der Waals surface area contributed by atoms with E-state index in [1.165, 1.54) is 4.88 Å². The number of hydrogen-bond acceptors (Lipinski definition) is 4. The number of aryl methyl sites for hydroxylation is 1. The van der Waals surface area contributed by atoms with Crippen molar-refractivity contribution in [3.63, 3.8) is 0 Å². The Morgan fingerprint density at radius 3 is 2.93 bits per heavy atom. The van der Waals surface area contributed by atoms with Crippen LogP contribution in [0.3, 0.4) is 0 Å². The first-order valence-corrected chi connectivity index (χ1v) is 5.67. The summed E-state index contributed by atoms with van der Waals surface area (Å²) in [6, 6.07) is 4.08. The van der Waals surface area contributed by atoms with Crippen LogP contribution in [0.4, 0.5) is 0 Å². The van der Waals surface area contributed by atoms with E-state index in [2.05, 4.69) is 11.4 Å². The van der Waals surface area contributed by atoms with Crippen molar-refractivity contribution < 1.29 is 14.3 Å². The van der Waals surface area contributed by atoms with E-state index in [0.717, 1.165) is 12.8 Å². The minimum absolute atomic E-state index is 0.426. The minimum Gasteiger partial charge on any atom is -0.435 e. The van der Waals surface area contributed by atoms with Gasteiger partial charge in [0.2, 0.25) is 0 Å². The molecule has 1 atom stereocenters. The van der Waals surface area contributed by atoms with Gasteiger partial charge in [-0.2, -0.15) is 0 Å². The lowest BCUT2D eigenvalue weighted by Crippen LogP contribution is -2.26. The maximum Gasteiger partial charge on any atom is 0.398 e. The first-order chi connectivity index (χ1) is 7.25. The SMILES string of the molecule is O=C1NC(CCCc2cccs2)OC1=O. The molecule has 0 spiro atoms. The van der Waals surface area contributed by atoms with Crippen molar-refractivity contribution in [2.75, 3.05) is 0 Å². The van der Waals surface area contributed by atoms with E-state index in [0.29, 0.717) is 6.42 Å². The number of rotatable bonds is 4. The highest BCUT2D eigenvalue weighted by Crippen LogP contribution is 2.14. The number of amides is 1. The quantitative estimate of drug-likeness (QED) is 0.616. The summed E-state index contributed by atoms with van der Waals surface area (Å²) in [4.78, 5) is 22.8. The molecule has 15 heavy (non-hydrogen) atoms. The molecule has 5 heteroatoms. The fourth-order valence-electron chi connectivity index (χ4n) is 1.46. The van der Waals surface area contributed by atoms with Gasteiger partial charge in [-0.05, 0) is 24.3 Å². The van der Waals surface area contributed by atoms with Crippen molar-refractivity contribution in [3.8, 4) is 0 Å². The largest absolute Gasteiger partial charge is 0.435 e. The van der Waals surface area contributed by atoms with Crippen LogP contribution in [-0.2, 0) is 20.7 Å². The van der Waals surface area contributed by atoms with E-state index in [1.54, 1.807) is 11.3 Å². The van der Waals surface area contributed by atoms with Crippen LogP contribution in [0, 0.1) is 0 Å². The summed E-state index contributed by atoms with van der Waals surface area (Å²) in [5, 5.41) is 4.51. The molecule has 0 radical (unpaired) electrons. The van der Waals surface area contributed by atoms with Crippen molar-refractivity contribution in [3.05, 3.63) is 22.4 Å². The lowest BCUT2D eigenvalue weighted by atomic mass is 10.2. The van der Waals surface area contributed by atoms with E-state index in [9.17, 15) is 9.59 Å². The van der Waals surface area contributed by atoms with Crippen molar-refractivity contribution in [2.24, 2.45) is 0 Å². The third kappa shape index (κ3) is 2.56. The third-order valence-corrected chi connectivity index (χ3v) is 3.13.